The first-order valence-electron chi connectivity index (χ1n) is 9.33. The van der Waals surface area contributed by atoms with Crippen LogP contribution in [0.25, 0.3) is 10.7 Å². The standard InChI is InChI=1S/C21H21N5O3S/c1-12-17(14(3)29-25-12)11-28-16-7-5-15(6-8-16)20(27)24-21-23-13(2)18(30-21)19-22-9-10-26(19)4/h5-10H,11H2,1-4H3,(H,23,24,27). The van der Waals surface area contributed by atoms with Gasteiger partial charge in [0.2, 0.25) is 0 Å². The number of nitrogens with one attached hydrogen (secondary N) is 1. The van der Waals surface area contributed by atoms with Crippen LogP contribution in [0.15, 0.2) is 41.2 Å². The number of nitrogens with zero attached hydrogens (tertiary/aromatic N) is 4. The summed E-state index contributed by atoms with van der Waals surface area (Å²) in [6, 6.07) is 6.97. The fourth-order valence-electron chi connectivity index (χ4n) is 2.98. The molecule has 9 heteroatoms. The fraction of sp³-hybridized carbons (Fsp3) is 0.238. The van der Waals surface area contributed by atoms with E-state index in [1.807, 2.05) is 38.6 Å². The Morgan fingerprint density at radius 3 is 2.60 bits per heavy atom. The molecule has 0 aliphatic heterocycles. The van der Waals surface area contributed by atoms with Gasteiger partial charge in [-0.3, -0.25) is 10.1 Å². The van der Waals surface area contributed by atoms with Crippen LogP contribution < -0.4 is 10.1 Å². The number of imidazole rings is 1. The molecule has 0 fully saturated rings. The Balaban J connectivity index is 1.41. The van der Waals surface area contributed by atoms with Gasteiger partial charge in [-0.15, -0.1) is 0 Å². The highest BCUT2D eigenvalue weighted by Gasteiger charge is 2.16. The van der Waals surface area contributed by atoms with Gasteiger partial charge in [0.1, 0.15) is 18.1 Å². The van der Waals surface area contributed by atoms with Crippen LogP contribution >= 0.6 is 11.3 Å². The predicted molar refractivity (Wildman–Crippen MR) is 114 cm³/mol. The number of amides is 1. The van der Waals surface area contributed by atoms with E-state index in [4.69, 9.17) is 9.26 Å². The number of hydrogen-bond donors (Lipinski definition) is 1. The molecule has 0 bridgehead atoms. The van der Waals surface area contributed by atoms with E-state index >= 15 is 0 Å². The molecule has 3 heterocycles. The Morgan fingerprint density at radius 2 is 1.97 bits per heavy atom. The third-order valence-corrected chi connectivity index (χ3v) is 5.79. The molecule has 1 amide bonds. The van der Waals surface area contributed by atoms with Gasteiger partial charge in [0, 0.05) is 25.0 Å². The number of benzene rings is 1. The lowest BCUT2D eigenvalue weighted by Gasteiger charge is -2.07. The summed E-state index contributed by atoms with van der Waals surface area (Å²) in [5, 5.41) is 7.31. The minimum atomic E-state index is -0.229. The van der Waals surface area contributed by atoms with Crippen molar-refractivity contribution in [3.05, 3.63) is 64.9 Å². The maximum atomic E-state index is 12.6. The van der Waals surface area contributed by atoms with E-state index in [1.165, 1.54) is 11.3 Å². The molecular formula is C21H21N5O3S. The largest absolute Gasteiger partial charge is 0.489 e. The lowest BCUT2D eigenvalue weighted by molar-refractivity contribution is 0.102. The molecule has 0 saturated heterocycles. The highest BCUT2D eigenvalue weighted by molar-refractivity contribution is 7.19. The molecule has 3 aromatic heterocycles. The number of aryl methyl sites for hydroxylation is 4. The van der Waals surface area contributed by atoms with Crippen molar-refractivity contribution in [1.29, 1.82) is 0 Å². The molecule has 1 N–H and O–H groups in total. The molecular weight excluding hydrogens is 402 g/mol. The monoisotopic (exact) mass is 423 g/mol. The summed E-state index contributed by atoms with van der Waals surface area (Å²) in [5.41, 5.74) is 3.09. The van der Waals surface area contributed by atoms with E-state index in [1.54, 1.807) is 30.5 Å². The molecule has 0 radical (unpaired) electrons. The molecule has 30 heavy (non-hydrogen) atoms. The summed E-state index contributed by atoms with van der Waals surface area (Å²) in [7, 11) is 1.93. The van der Waals surface area contributed by atoms with Crippen molar-refractivity contribution >= 4 is 22.4 Å². The number of anilines is 1. The summed E-state index contributed by atoms with van der Waals surface area (Å²) < 4.78 is 12.8. The van der Waals surface area contributed by atoms with Gasteiger partial charge in [0.05, 0.1) is 21.8 Å². The highest BCUT2D eigenvalue weighted by atomic mass is 32.1. The van der Waals surface area contributed by atoms with Gasteiger partial charge >= 0.3 is 0 Å². The van der Waals surface area contributed by atoms with Crippen molar-refractivity contribution in [2.24, 2.45) is 7.05 Å². The van der Waals surface area contributed by atoms with Gasteiger partial charge in [-0.25, -0.2) is 9.97 Å². The van der Waals surface area contributed by atoms with E-state index in [9.17, 15) is 4.79 Å². The lowest BCUT2D eigenvalue weighted by atomic mass is 10.2. The van der Waals surface area contributed by atoms with E-state index in [0.717, 1.165) is 33.4 Å². The molecule has 4 aromatic rings. The molecule has 154 valence electrons. The Labute approximate surface area is 177 Å². The molecule has 8 nitrogen and oxygen atoms in total. The number of carbonyl (C=O) groups is 1. The van der Waals surface area contributed by atoms with E-state index in [2.05, 4.69) is 20.4 Å². The van der Waals surface area contributed by atoms with Crippen molar-refractivity contribution in [2.45, 2.75) is 27.4 Å². The van der Waals surface area contributed by atoms with Gasteiger partial charge in [-0.1, -0.05) is 16.5 Å². The van der Waals surface area contributed by atoms with Crippen LogP contribution in [0, 0.1) is 20.8 Å². The van der Waals surface area contributed by atoms with Crippen LogP contribution in [0.3, 0.4) is 0 Å². The third kappa shape index (κ3) is 3.97. The molecule has 0 spiro atoms. The number of ether oxygens (including phenoxy) is 1. The van der Waals surface area contributed by atoms with E-state index in [0.29, 0.717) is 23.1 Å². The summed E-state index contributed by atoms with van der Waals surface area (Å²) in [4.78, 5) is 22.3. The second-order valence-electron chi connectivity index (χ2n) is 6.87. The van der Waals surface area contributed by atoms with Crippen LogP contribution in [-0.4, -0.2) is 25.6 Å². The van der Waals surface area contributed by atoms with Crippen LogP contribution in [0.1, 0.15) is 33.1 Å². The SMILES string of the molecule is Cc1nc(NC(=O)c2ccc(OCc3c(C)noc3C)cc2)sc1-c1nccn1C. The predicted octanol–water partition coefficient (Wildman–Crippen LogP) is 4.29. The maximum Gasteiger partial charge on any atom is 0.257 e. The Morgan fingerprint density at radius 1 is 1.20 bits per heavy atom. The zero-order valence-electron chi connectivity index (χ0n) is 17.1. The smallest absolute Gasteiger partial charge is 0.257 e. The molecule has 1 aromatic carbocycles. The van der Waals surface area contributed by atoms with Gasteiger partial charge in [-0.2, -0.15) is 0 Å². The molecule has 0 saturated carbocycles. The van der Waals surface area contributed by atoms with Crippen LogP contribution in [-0.2, 0) is 13.7 Å². The van der Waals surface area contributed by atoms with Gasteiger partial charge in [-0.05, 0) is 45.0 Å². The minimum Gasteiger partial charge on any atom is -0.489 e. The zero-order valence-corrected chi connectivity index (χ0v) is 17.9. The molecule has 0 aliphatic carbocycles. The maximum absolute atomic E-state index is 12.6. The van der Waals surface area contributed by atoms with E-state index < -0.39 is 0 Å². The average Bonchev–Trinajstić information content (AvgIpc) is 3.40. The minimum absolute atomic E-state index is 0.229. The number of carbonyl (C=O) groups excluding carboxylic acids is 1. The first-order valence-corrected chi connectivity index (χ1v) is 10.1. The summed E-state index contributed by atoms with van der Waals surface area (Å²) in [5.74, 6) is 2.00. The molecule has 0 atom stereocenters. The van der Waals surface area contributed by atoms with Crippen molar-refractivity contribution < 1.29 is 14.1 Å². The number of rotatable bonds is 6. The Bertz CT molecular complexity index is 1170. The van der Waals surface area contributed by atoms with E-state index in [-0.39, 0.29) is 5.91 Å². The number of aromatic nitrogens is 4. The fourth-order valence-corrected chi connectivity index (χ4v) is 3.98. The van der Waals surface area contributed by atoms with Crippen LogP contribution in [0.4, 0.5) is 5.13 Å². The number of thiazole rings is 1. The quantitative estimate of drug-likeness (QED) is 0.497. The lowest BCUT2D eigenvalue weighted by Crippen LogP contribution is -2.11. The Hall–Kier alpha value is -3.46. The number of hydrogen-bond acceptors (Lipinski definition) is 7. The summed E-state index contributed by atoms with van der Waals surface area (Å²) >= 11 is 1.40. The molecule has 4 rings (SSSR count). The normalized spacial score (nSPS) is 10.9. The van der Waals surface area contributed by atoms with Crippen molar-refractivity contribution in [3.8, 4) is 16.5 Å². The van der Waals surface area contributed by atoms with Gasteiger partial charge < -0.3 is 13.8 Å². The average molecular weight is 423 g/mol. The van der Waals surface area contributed by atoms with Crippen molar-refractivity contribution in [2.75, 3.05) is 5.32 Å². The second-order valence-corrected chi connectivity index (χ2v) is 7.86. The zero-order chi connectivity index (χ0) is 21.3. The molecule has 0 unspecified atom stereocenters. The second kappa shape index (κ2) is 8.11. The molecule has 0 aliphatic rings. The first kappa shape index (κ1) is 19.8. The van der Waals surface area contributed by atoms with Crippen molar-refractivity contribution in [1.82, 2.24) is 19.7 Å². The van der Waals surface area contributed by atoms with Gasteiger partial charge in [0.15, 0.2) is 11.0 Å². The Kier molecular flexibility index (Phi) is 5.37. The summed E-state index contributed by atoms with van der Waals surface area (Å²) in [6.07, 6.45) is 3.62. The highest BCUT2D eigenvalue weighted by Crippen LogP contribution is 2.31. The van der Waals surface area contributed by atoms with Gasteiger partial charge in [0.25, 0.3) is 5.91 Å². The first-order chi connectivity index (χ1) is 14.4. The van der Waals surface area contributed by atoms with Crippen LogP contribution in [0.5, 0.6) is 5.75 Å². The topological polar surface area (TPSA) is 95.1 Å². The third-order valence-electron chi connectivity index (χ3n) is 4.72. The summed E-state index contributed by atoms with van der Waals surface area (Å²) in [6.45, 7) is 6.00. The van der Waals surface area contributed by atoms with Crippen LogP contribution in [0.2, 0.25) is 0 Å². The van der Waals surface area contributed by atoms with Crippen molar-refractivity contribution in [3.63, 3.8) is 0 Å².